The number of carbonyl (C=O) groups excluding carboxylic acids is 3. The number of carbonyl (C=O) groups is 3. The highest BCUT2D eigenvalue weighted by Gasteiger charge is 2.65. The summed E-state index contributed by atoms with van der Waals surface area (Å²) in [5.41, 5.74) is -0.397. The largest absolute Gasteiger partial charge is 0.462 e. The first-order valence-electron chi connectivity index (χ1n) is 11.3. The zero-order chi connectivity index (χ0) is 25.2. The van der Waals surface area contributed by atoms with Gasteiger partial charge in [0.25, 0.3) is 0 Å². The lowest BCUT2D eigenvalue weighted by molar-refractivity contribution is -0.153. The Bertz CT molecular complexity index is 1230. The Kier molecular flexibility index (Phi) is 7.07. The Morgan fingerprint density at radius 3 is 2.57 bits per heavy atom. The van der Waals surface area contributed by atoms with Crippen LogP contribution in [0.2, 0.25) is 0 Å². The second-order valence-electron chi connectivity index (χ2n) is 8.21. The first kappa shape index (κ1) is 24.7. The van der Waals surface area contributed by atoms with Crippen molar-refractivity contribution in [2.75, 3.05) is 11.9 Å². The van der Waals surface area contributed by atoms with E-state index in [0.717, 1.165) is 5.56 Å². The predicted octanol–water partition coefficient (Wildman–Crippen LogP) is 4.62. The van der Waals surface area contributed by atoms with E-state index in [1.807, 2.05) is 25.1 Å². The van der Waals surface area contributed by atoms with Crippen LogP contribution in [0.25, 0.3) is 0 Å². The lowest BCUT2D eigenvalue weighted by atomic mass is 9.63. The van der Waals surface area contributed by atoms with Crippen LogP contribution in [-0.4, -0.2) is 30.4 Å². The van der Waals surface area contributed by atoms with Crippen molar-refractivity contribution in [2.45, 2.75) is 38.7 Å². The van der Waals surface area contributed by atoms with Gasteiger partial charge in [-0.2, -0.15) is 0 Å². The van der Waals surface area contributed by atoms with Crippen molar-refractivity contribution < 1.29 is 28.6 Å². The van der Waals surface area contributed by atoms with Crippen LogP contribution < -0.4 is 5.32 Å². The minimum absolute atomic E-state index is 0.0609. The number of allylic oxidation sites excluding steroid dienone is 1. The highest BCUT2D eigenvalue weighted by molar-refractivity contribution is 9.10. The third-order valence-electron chi connectivity index (χ3n) is 6.03. The SMILES string of the molecule is CCCC1=C(C(=O)OCC)C2(C(=O)Nc3ccc(Br)cc32)C(C(=O)OCc2ccccc2)C(=N)O1. The normalized spacial score (nSPS) is 20.8. The van der Waals surface area contributed by atoms with Gasteiger partial charge in [-0.15, -0.1) is 0 Å². The summed E-state index contributed by atoms with van der Waals surface area (Å²) in [4.78, 5) is 40.7. The number of hydrogen-bond donors (Lipinski definition) is 2. The Hall–Kier alpha value is -3.46. The standard InChI is InChI=1S/C26H25BrN2O6/c1-3-8-19-20(23(30)33-4-2)26(17-13-16(27)11-12-18(17)29-25(26)32)21(22(28)35-19)24(31)34-14-15-9-6-5-7-10-15/h5-7,9-13,21,28H,3-4,8,14H2,1-2H3,(H,29,32). The zero-order valence-electron chi connectivity index (χ0n) is 19.4. The van der Waals surface area contributed by atoms with Crippen LogP contribution in [0.1, 0.15) is 37.8 Å². The maximum Gasteiger partial charge on any atom is 0.338 e. The lowest BCUT2D eigenvalue weighted by Crippen LogP contribution is -2.56. The molecule has 0 aromatic heterocycles. The summed E-state index contributed by atoms with van der Waals surface area (Å²) in [7, 11) is 0. The summed E-state index contributed by atoms with van der Waals surface area (Å²) < 4.78 is 17.3. The molecule has 182 valence electrons. The van der Waals surface area contributed by atoms with E-state index in [1.165, 1.54) is 0 Å². The number of benzene rings is 2. The third-order valence-corrected chi connectivity index (χ3v) is 6.52. The van der Waals surface area contributed by atoms with Crippen molar-refractivity contribution in [2.24, 2.45) is 5.92 Å². The van der Waals surface area contributed by atoms with Gasteiger partial charge in [0.15, 0.2) is 5.92 Å². The fraction of sp³-hybridized carbons (Fsp3) is 0.308. The Morgan fingerprint density at radius 2 is 1.89 bits per heavy atom. The van der Waals surface area contributed by atoms with E-state index >= 15 is 0 Å². The van der Waals surface area contributed by atoms with E-state index in [2.05, 4.69) is 21.2 Å². The van der Waals surface area contributed by atoms with Gasteiger partial charge < -0.3 is 19.5 Å². The van der Waals surface area contributed by atoms with Gasteiger partial charge in [0, 0.05) is 16.6 Å². The molecule has 2 unspecified atom stereocenters. The zero-order valence-corrected chi connectivity index (χ0v) is 20.9. The number of anilines is 1. The quantitative estimate of drug-likeness (QED) is 0.495. The van der Waals surface area contributed by atoms with Gasteiger partial charge in [-0.25, -0.2) is 4.79 Å². The van der Waals surface area contributed by atoms with Crippen molar-refractivity contribution >= 4 is 45.4 Å². The molecule has 2 aliphatic rings. The summed E-state index contributed by atoms with van der Waals surface area (Å²) in [6.07, 6.45) is 0.859. The molecule has 9 heteroatoms. The molecular weight excluding hydrogens is 516 g/mol. The molecule has 1 spiro atoms. The van der Waals surface area contributed by atoms with Crippen LogP contribution in [0, 0.1) is 11.3 Å². The molecule has 0 saturated carbocycles. The third kappa shape index (κ3) is 4.25. The number of hydrogen-bond acceptors (Lipinski definition) is 7. The Morgan fingerprint density at radius 1 is 1.14 bits per heavy atom. The second kappa shape index (κ2) is 10.0. The number of nitrogens with one attached hydrogen (secondary N) is 2. The summed E-state index contributed by atoms with van der Waals surface area (Å²) in [6.45, 7) is 3.54. The summed E-state index contributed by atoms with van der Waals surface area (Å²) in [5.74, 6) is -4.07. The molecule has 2 aromatic carbocycles. The average molecular weight is 541 g/mol. The Balaban J connectivity index is 1.92. The molecule has 1 amide bonds. The van der Waals surface area contributed by atoms with Gasteiger partial charge in [-0.3, -0.25) is 15.0 Å². The first-order valence-corrected chi connectivity index (χ1v) is 12.1. The second-order valence-corrected chi connectivity index (χ2v) is 9.13. The van der Waals surface area contributed by atoms with Gasteiger partial charge in [0.05, 0.1) is 12.2 Å². The molecule has 2 atom stereocenters. The number of ether oxygens (including phenoxy) is 3. The number of rotatable bonds is 7. The smallest absolute Gasteiger partial charge is 0.338 e. The van der Waals surface area contributed by atoms with E-state index in [9.17, 15) is 14.4 Å². The minimum atomic E-state index is -1.88. The number of esters is 2. The molecule has 0 fully saturated rings. The fourth-order valence-electron chi connectivity index (χ4n) is 4.61. The van der Waals surface area contributed by atoms with E-state index in [0.29, 0.717) is 22.1 Å². The maximum atomic E-state index is 13.8. The molecule has 0 bridgehead atoms. The van der Waals surface area contributed by atoms with Crippen molar-refractivity contribution in [1.82, 2.24) is 0 Å². The topological polar surface area (TPSA) is 115 Å². The number of halogens is 1. The van der Waals surface area contributed by atoms with Crippen LogP contribution in [0.3, 0.4) is 0 Å². The van der Waals surface area contributed by atoms with Gasteiger partial charge in [0.1, 0.15) is 17.8 Å². The summed E-state index contributed by atoms with van der Waals surface area (Å²) in [6, 6.07) is 14.2. The summed E-state index contributed by atoms with van der Waals surface area (Å²) in [5, 5.41) is 11.5. The molecular formula is C26H25BrN2O6. The molecule has 8 nitrogen and oxygen atoms in total. The van der Waals surface area contributed by atoms with E-state index < -0.39 is 35.1 Å². The molecule has 0 saturated heterocycles. The highest BCUT2D eigenvalue weighted by atomic mass is 79.9. The molecule has 2 aromatic rings. The minimum Gasteiger partial charge on any atom is -0.462 e. The molecule has 35 heavy (non-hydrogen) atoms. The van der Waals surface area contributed by atoms with Gasteiger partial charge >= 0.3 is 11.9 Å². The number of amides is 1. The predicted molar refractivity (Wildman–Crippen MR) is 132 cm³/mol. The van der Waals surface area contributed by atoms with Crippen LogP contribution in [-0.2, 0) is 40.6 Å². The van der Waals surface area contributed by atoms with Crippen LogP contribution in [0.15, 0.2) is 64.3 Å². The van der Waals surface area contributed by atoms with E-state index in [1.54, 1.807) is 37.3 Å². The molecule has 2 aliphatic heterocycles. The molecule has 0 radical (unpaired) electrons. The van der Waals surface area contributed by atoms with Gasteiger partial charge in [-0.1, -0.05) is 53.2 Å². The van der Waals surface area contributed by atoms with E-state index in [4.69, 9.17) is 19.6 Å². The first-order chi connectivity index (χ1) is 16.8. The average Bonchev–Trinajstić information content (AvgIpc) is 3.10. The van der Waals surface area contributed by atoms with E-state index in [-0.39, 0.29) is 31.0 Å². The Labute approximate surface area is 211 Å². The van der Waals surface area contributed by atoms with Crippen molar-refractivity contribution in [3.8, 4) is 0 Å². The van der Waals surface area contributed by atoms with Gasteiger partial charge in [-0.05, 0) is 42.7 Å². The molecule has 2 N–H and O–H groups in total. The fourth-order valence-corrected chi connectivity index (χ4v) is 4.97. The lowest BCUT2D eigenvalue weighted by Gasteiger charge is -2.40. The highest BCUT2D eigenvalue weighted by Crippen LogP contribution is 2.53. The van der Waals surface area contributed by atoms with Gasteiger partial charge in [0.2, 0.25) is 11.8 Å². The van der Waals surface area contributed by atoms with Crippen molar-refractivity contribution in [3.05, 3.63) is 75.5 Å². The van der Waals surface area contributed by atoms with Crippen LogP contribution >= 0.6 is 15.9 Å². The number of fused-ring (bicyclic) bond motifs is 2. The molecule has 4 rings (SSSR count). The van der Waals surface area contributed by atoms with Crippen LogP contribution in [0.4, 0.5) is 5.69 Å². The molecule has 0 aliphatic carbocycles. The van der Waals surface area contributed by atoms with Crippen molar-refractivity contribution in [3.63, 3.8) is 0 Å². The summed E-state index contributed by atoms with van der Waals surface area (Å²) >= 11 is 3.43. The monoisotopic (exact) mass is 540 g/mol. The van der Waals surface area contributed by atoms with Crippen molar-refractivity contribution in [1.29, 1.82) is 5.41 Å². The van der Waals surface area contributed by atoms with Crippen LogP contribution in [0.5, 0.6) is 0 Å². The molecule has 2 heterocycles. The maximum absolute atomic E-state index is 13.8.